The van der Waals surface area contributed by atoms with Gasteiger partial charge in [0, 0.05) is 37.2 Å². The van der Waals surface area contributed by atoms with Gasteiger partial charge in [0.2, 0.25) is 10.0 Å². The molecule has 0 amide bonds. The molecule has 0 aliphatic carbocycles. The third-order valence-corrected chi connectivity index (χ3v) is 6.78. The maximum absolute atomic E-state index is 12.4. The van der Waals surface area contributed by atoms with Gasteiger partial charge in [0.15, 0.2) is 0 Å². The molecule has 0 aliphatic heterocycles. The summed E-state index contributed by atoms with van der Waals surface area (Å²) in [5.74, 6) is 0. The van der Waals surface area contributed by atoms with E-state index in [2.05, 4.69) is 4.72 Å². The van der Waals surface area contributed by atoms with E-state index in [1.807, 2.05) is 75.2 Å². The van der Waals surface area contributed by atoms with Crippen LogP contribution < -0.4 is 9.62 Å². The molecule has 0 spiro atoms. The molecular weight excluding hydrogens is 342 g/mol. The van der Waals surface area contributed by atoms with Gasteiger partial charge in [-0.1, -0.05) is 12.1 Å². The fraction of sp³-hybridized carbons (Fsp3) is 0.412. The molecule has 0 bridgehead atoms. The second kappa shape index (κ2) is 7.65. The number of hydrogen-bond donors (Lipinski definition) is 1. The molecule has 0 saturated heterocycles. The van der Waals surface area contributed by atoms with Crippen LogP contribution in [0, 0.1) is 6.92 Å². The molecule has 1 N–H and O–H groups in total. The predicted molar refractivity (Wildman–Crippen MR) is 101 cm³/mol. The molecule has 1 heterocycles. The molecular formula is C17H25N3O2S2. The minimum atomic E-state index is -3.46. The number of hydrogen-bond acceptors (Lipinski definition) is 5. The minimum absolute atomic E-state index is 0.0305. The first-order valence-corrected chi connectivity index (χ1v) is 10.0. The van der Waals surface area contributed by atoms with Crippen LogP contribution in [0.4, 0.5) is 5.69 Å². The van der Waals surface area contributed by atoms with Crippen molar-refractivity contribution in [2.75, 3.05) is 39.6 Å². The molecule has 2 rings (SSSR count). The lowest BCUT2D eigenvalue weighted by Crippen LogP contribution is -2.34. The van der Waals surface area contributed by atoms with Gasteiger partial charge in [0.05, 0.1) is 0 Å². The Labute approximate surface area is 149 Å². The van der Waals surface area contributed by atoms with Crippen LogP contribution in [0.15, 0.2) is 40.6 Å². The normalized spacial score (nSPS) is 13.2. The Balaban J connectivity index is 2.14. The molecule has 0 radical (unpaired) electrons. The molecule has 5 nitrogen and oxygen atoms in total. The molecule has 24 heavy (non-hydrogen) atoms. The van der Waals surface area contributed by atoms with Gasteiger partial charge in [0.25, 0.3) is 0 Å². The number of rotatable bonds is 7. The molecule has 1 aromatic carbocycles. The van der Waals surface area contributed by atoms with Crippen molar-refractivity contribution in [3.8, 4) is 0 Å². The highest BCUT2D eigenvalue weighted by molar-refractivity contribution is 7.91. The molecule has 0 fully saturated rings. The van der Waals surface area contributed by atoms with Crippen molar-refractivity contribution in [3.05, 3.63) is 46.8 Å². The number of sulfonamides is 1. The lowest BCUT2D eigenvalue weighted by Gasteiger charge is -2.25. The Morgan fingerprint density at radius 2 is 1.67 bits per heavy atom. The van der Waals surface area contributed by atoms with Crippen molar-refractivity contribution in [3.63, 3.8) is 0 Å². The Bertz CT molecular complexity index is 765. The van der Waals surface area contributed by atoms with Crippen LogP contribution in [0.25, 0.3) is 0 Å². The quantitative estimate of drug-likeness (QED) is 0.817. The zero-order valence-corrected chi connectivity index (χ0v) is 16.4. The van der Waals surface area contributed by atoms with Crippen LogP contribution in [-0.4, -0.2) is 48.1 Å². The molecule has 132 valence electrons. The van der Waals surface area contributed by atoms with Crippen molar-refractivity contribution in [1.82, 2.24) is 9.62 Å². The van der Waals surface area contributed by atoms with Crippen molar-refractivity contribution in [1.29, 1.82) is 0 Å². The smallest absolute Gasteiger partial charge is 0.250 e. The summed E-state index contributed by atoms with van der Waals surface area (Å²) in [5.41, 5.74) is 2.20. The summed E-state index contributed by atoms with van der Waals surface area (Å²) >= 11 is 1.29. The molecule has 1 aromatic heterocycles. The number of likely N-dealkylation sites (N-methyl/N-ethyl adjacent to an activating group) is 1. The summed E-state index contributed by atoms with van der Waals surface area (Å²) in [6.45, 7) is 2.23. The first-order chi connectivity index (χ1) is 11.2. The van der Waals surface area contributed by atoms with Crippen LogP contribution in [0.2, 0.25) is 0 Å². The van der Waals surface area contributed by atoms with Crippen LogP contribution in [0.1, 0.15) is 16.5 Å². The van der Waals surface area contributed by atoms with Gasteiger partial charge in [-0.2, -0.15) is 0 Å². The van der Waals surface area contributed by atoms with E-state index in [0.29, 0.717) is 10.8 Å². The molecule has 0 aliphatic rings. The Morgan fingerprint density at radius 1 is 1.04 bits per heavy atom. The fourth-order valence-electron chi connectivity index (χ4n) is 2.41. The summed E-state index contributed by atoms with van der Waals surface area (Å²) in [7, 11) is 4.43. The van der Waals surface area contributed by atoms with Crippen molar-refractivity contribution >= 4 is 27.0 Å². The molecule has 1 atom stereocenters. The third-order valence-electron chi connectivity index (χ3n) is 3.86. The minimum Gasteiger partial charge on any atom is -0.378 e. The highest BCUT2D eigenvalue weighted by Crippen LogP contribution is 2.23. The summed E-state index contributed by atoms with van der Waals surface area (Å²) < 4.78 is 27.9. The molecule has 1 unspecified atom stereocenters. The van der Waals surface area contributed by atoms with Crippen LogP contribution in [0.5, 0.6) is 0 Å². The lowest BCUT2D eigenvalue weighted by molar-refractivity contribution is 0.299. The monoisotopic (exact) mass is 367 g/mol. The van der Waals surface area contributed by atoms with E-state index in [-0.39, 0.29) is 6.04 Å². The fourth-order valence-corrected chi connectivity index (χ4v) is 4.78. The van der Waals surface area contributed by atoms with E-state index >= 15 is 0 Å². The molecule has 0 saturated carbocycles. The number of thiophene rings is 1. The Morgan fingerprint density at radius 3 is 2.12 bits per heavy atom. The first kappa shape index (κ1) is 18.9. The maximum atomic E-state index is 12.4. The molecule has 7 heteroatoms. The average Bonchev–Trinajstić information content (AvgIpc) is 2.95. The number of nitrogens with zero attached hydrogens (tertiary/aromatic N) is 2. The van der Waals surface area contributed by atoms with Gasteiger partial charge in [0.1, 0.15) is 4.21 Å². The predicted octanol–water partition coefficient (Wildman–Crippen LogP) is 2.70. The molecule has 2 aromatic rings. The summed E-state index contributed by atoms with van der Waals surface area (Å²) in [6, 6.07) is 11.6. The van der Waals surface area contributed by atoms with E-state index in [1.165, 1.54) is 11.3 Å². The van der Waals surface area contributed by atoms with Gasteiger partial charge < -0.3 is 9.80 Å². The SMILES string of the molecule is Cc1ccc(S(=O)(=O)NCC(c2ccc(N(C)C)cc2)N(C)C)s1. The second-order valence-electron chi connectivity index (χ2n) is 6.18. The highest BCUT2D eigenvalue weighted by atomic mass is 32.2. The van der Waals surface area contributed by atoms with Crippen LogP contribution in [0.3, 0.4) is 0 Å². The first-order valence-electron chi connectivity index (χ1n) is 7.70. The van der Waals surface area contributed by atoms with E-state index in [1.54, 1.807) is 6.07 Å². The van der Waals surface area contributed by atoms with E-state index < -0.39 is 10.0 Å². The third kappa shape index (κ3) is 4.57. The van der Waals surface area contributed by atoms with E-state index in [0.717, 1.165) is 16.1 Å². The van der Waals surface area contributed by atoms with Gasteiger partial charge in [-0.25, -0.2) is 13.1 Å². The van der Waals surface area contributed by atoms with Gasteiger partial charge >= 0.3 is 0 Å². The number of benzene rings is 1. The zero-order chi connectivity index (χ0) is 17.9. The second-order valence-corrected chi connectivity index (χ2v) is 9.46. The highest BCUT2D eigenvalue weighted by Gasteiger charge is 2.20. The summed E-state index contributed by atoms with van der Waals surface area (Å²) in [5, 5.41) is 0. The van der Waals surface area contributed by atoms with Crippen LogP contribution >= 0.6 is 11.3 Å². The lowest BCUT2D eigenvalue weighted by atomic mass is 10.1. The van der Waals surface area contributed by atoms with Gasteiger partial charge in [-0.05, 0) is 50.8 Å². The Kier molecular flexibility index (Phi) is 6.03. The largest absolute Gasteiger partial charge is 0.378 e. The van der Waals surface area contributed by atoms with Gasteiger partial charge in [-0.15, -0.1) is 11.3 Å². The maximum Gasteiger partial charge on any atom is 0.250 e. The van der Waals surface area contributed by atoms with Crippen molar-refractivity contribution < 1.29 is 8.42 Å². The average molecular weight is 368 g/mol. The summed E-state index contributed by atoms with van der Waals surface area (Å²) in [6.07, 6.45) is 0. The summed E-state index contributed by atoms with van der Waals surface area (Å²) in [4.78, 5) is 5.04. The number of anilines is 1. The standard InChI is InChI=1S/C17H25N3O2S2/c1-13-6-11-17(23-13)24(21,22)18-12-16(20(4)5)14-7-9-15(10-8-14)19(2)3/h6-11,16,18H,12H2,1-5H3. The Hall–Kier alpha value is -1.41. The van der Waals surface area contributed by atoms with E-state index in [4.69, 9.17) is 0 Å². The topological polar surface area (TPSA) is 52.7 Å². The van der Waals surface area contributed by atoms with Gasteiger partial charge in [-0.3, -0.25) is 0 Å². The van der Waals surface area contributed by atoms with Crippen molar-refractivity contribution in [2.24, 2.45) is 0 Å². The van der Waals surface area contributed by atoms with Crippen LogP contribution in [-0.2, 0) is 10.0 Å². The van der Waals surface area contributed by atoms with Crippen molar-refractivity contribution in [2.45, 2.75) is 17.2 Å². The zero-order valence-electron chi connectivity index (χ0n) is 14.8. The number of aryl methyl sites for hydroxylation is 1. The van der Waals surface area contributed by atoms with E-state index in [9.17, 15) is 8.42 Å². The number of nitrogens with one attached hydrogen (secondary N) is 1.